The van der Waals surface area contributed by atoms with Crippen LogP contribution >= 0.6 is 0 Å². The number of nitrogens with zero attached hydrogens (tertiary/aromatic N) is 3. The normalized spacial score (nSPS) is 14.5. The fraction of sp³-hybridized carbons (Fsp3) is 0.625. The Bertz CT molecular complexity index is 634. The Hall–Kier alpha value is -1.66. The number of aliphatic hydroxyl groups is 2. The van der Waals surface area contributed by atoms with Crippen LogP contribution in [-0.2, 0) is 0 Å². The van der Waals surface area contributed by atoms with Gasteiger partial charge in [-0.05, 0) is 32.6 Å². The van der Waals surface area contributed by atoms with Crippen LogP contribution in [0.4, 0.5) is 5.82 Å². The summed E-state index contributed by atoms with van der Waals surface area (Å²) >= 11 is 0. The third kappa shape index (κ3) is 3.96. The van der Waals surface area contributed by atoms with Crippen LogP contribution in [0.25, 0.3) is 5.65 Å². The first-order chi connectivity index (χ1) is 10.3. The van der Waals surface area contributed by atoms with Crippen molar-refractivity contribution < 1.29 is 10.2 Å². The van der Waals surface area contributed by atoms with Crippen LogP contribution in [-0.4, -0.2) is 43.6 Å². The van der Waals surface area contributed by atoms with E-state index in [1.54, 1.807) is 11.4 Å². The van der Waals surface area contributed by atoms with E-state index < -0.39 is 5.60 Å². The molecule has 2 aromatic heterocycles. The smallest absolute Gasteiger partial charge is 0.157 e. The lowest BCUT2D eigenvalue weighted by molar-refractivity contribution is 0.0564. The van der Waals surface area contributed by atoms with Gasteiger partial charge in [-0.1, -0.05) is 13.8 Å². The molecule has 0 aliphatic rings. The Morgan fingerprint density at radius 3 is 2.73 bits per heavy atom. The quantitative estimate of drug-likeness (QED) is 0.729. The Morgan fingerprint density at radius 1 is 1.36 bits per heavy atom. The predicted molar refractivity (Wildman–Crippen MR) is 87.2 cm³/mol. The van der Waals surface area contributed by atoms with Gasteiger partial charge in [-0.3, -0.25) is 0 Å². The molecule has 2 rings (SSSR count). The van der Waals surface area contributed by atoms with E-state index in [-0.39, 0.29) is 6.61 Å². The first-order valence-electron chi connectivity index (χ1n) is 7.77. The maximum absolute atomic E-state index is 10.3. The molecule has 2 heterocycles. The zero-order valence-electron chi connectivity index (χ0n) is 13.8. The number of hydrogen-bond acceptors (Lipinski definition) is 5. The predicted octanol–water partition coefficient (Wildman–Crippen LogP) is 2.10. The van der Waals surface area contributed by atoms with Crippen molar-refractivity contribution in [3.8, 4) is 0 Å². The molecule has 0 amide bonds. The topological polar surface area (TPSA) is 82.7 Å². The fourth-order valence-corrected chi connectivity index (χ4v) is 2.36. The molecular formula is C16H26N4O2. The molecule has 0 aliphatic carbocycles. The number of nitrogens with one attached hydrogen (secondary N) is 1. The highest BCUT2D eigenvalue weighted by atomic mass is 16.3. The average molecular weight is 306 g/mol. The molecule has 2 aromatic rings. The van der Waals surface area contributed by atoms with E-state index >= 15 is 0 Å². The van der Waals surface area contributed by atoms with Gasteiger partial charge >= 0.3 is 0 Å². The van der Waals surface area contributed by atoms with E-state index in [2.05, 4.69) is 29.2 Å². The zero-order chi connectivity index (χ0) is 16.3. The Labute approximate surface area is 131 Å². The van der Waals surface area contributed by atoms with Crippen LogP contribution in [0.3, 0.4) is 0 Å². The molecular weight excluding hydrogens is 280 g/mol. The van der Waals surface area contributed by atoms with Gasteiger partial charge in [0.1, 0.15) is 5.82 Å². The van der Waals surface area contributed by atoms with Crippen molar-refractivity contribution in [2.75, 3.05) is 18.5 Å². The lowest BCUT2D eigenvalue weighted by atomic mass is 10.0. The van der Waals surface area contributed by atoms with Gasteiger partial charge in [0.25, 0.3) is 0 Å². The van der Waals surface area contributed by atoms with Gasteiger partial charge in [0.2, 0.25) is 0 Å². The molecule has 0 saturated carbocycles. The molecule has 3 N–H and O–H groups in total. The largest absolute Gasteiger partial charge is 0.396 e. The molecule has 1 atom stereocenters. The molecule has 0 bridgehead atoms. The summed E-state index contributed by atoms with van der Waals surface area (Å²) in [4.78, 5) is 4.62. The molecule has 0 aromatic carbocycles. The average Bonchev–Trinajstić information content (AvgIpc) is 2.82. The Morgan fingerprint density at radius 2 is 2.09 bits per heavy atom. The van der Waals surface area contributed by atoms with Gasteiger partial charge in [0.15, 0.2) is 5.65 Å². The molecule has 0 aliphatic heterocycles. The maximum Gasteiger partial charge on any atom is 0.157 e. The van der Waals surface area contributed by atoms with Gasteiger partial charge in [0.05, 0.1) is 11.3 Å². The lowest BCUT2D eigenvalue weighted by Gasteiger charge is -2.24. The van der Waals surface area contributed by atoms with Crippen molar-refractivity contribution >= 4 is 11.5 Å². The number of rotatable bonds is 7. The van der Waals surface area contributed by atoms with Crippen LogP contribution in [0.5, 0.6) is 0 Å². The van der Waals surface area contributed by atoms with Gasteiger partial charge in [-0.2, -0.15) is 9.61 Å². The third-order valence-electron chi connectivity index (χ3n) is 3.68. The summed E-state index contributed by atoms with van der Waals surface area (Å²) < 4.78 is 1.77. The molecule has 6 heteroatoms. The number of hydrogen-bond donors (Lipinski definition) is 3. The maximum atomic E-state index is 10.3. The van der Waals surface area contributed by atoms with Crippen molar-refractivity contribution in [3.63, 3.8) is 0 Å². The van der Waals surface area contributed by atoms with E-state index in [4.69, 9.17) is 5.11 Å². The van der Waals surface area contributed by atoms with Crippen LogP contribution in [0, 0.1) is 6.92 Å². The SMILES string of the molecule is Cc1cc2nc(C(C)C)cc(NC[C@](C)(O)CCCO)n2n1. The molecule has 0 unspecified atom stereocenters. The molecule has 0 fully saturated rings. The van der Waals surface area contributed by atoms with Gasteiger partial charge in [-0.15, -0.1) is 0 Å². The first kappa shape index (κ1) is 16.7. The van der Waals surface area contributed by atoms with Gasteiger partial charge in [0, 0.05) is 31.0 Å². The minimum Gasteiger partial charge on any atom is -0.396 e. The van der Waals surface area contributed by atoms with E-state index in [0.717, 1.165) is 22.9 Å². The van der Waals surface area contributed by atoms with E-state index in [1.807, 2.05) is 19.1 Å². The first-order valence-corrected chi connectivity index (χ1v) is 7.77. The van der Waals surface area contributed by atoms with Crippen molar-refractivity contribution in [1.82, 2.24) is 14.6 Å². The van der Waals surface area contributed by atoms with Crippen molar-refractivity contribution in [2.45, 2.75) is 52.1 Å². The Balaban J connectivity index is 2.25. The van der Waals surface area contributed by atoms with Crippen molar-refractivity contribution in [2.24, 2.45) is 0 Å². The van der Waals surface area contributed by atoms with E-state index in [9.17, 15) is 5.11 Å². The zero-order valence-corrected chi connectivity index (χ0v) is 13.8. The summed E-state index contributed by atoms with van der Waals surface area (Å²) in [6.07, 6.45) is 1.12. The number of aromatic nitrogens is 3. The molecule has 122 valence electrons. The van der Waals surface area contributed by atoms with Crippen molar-refractivity contribution in [3.05, 3.63) is 23.5 Å². The highest BCUT2D eigenvalue weighted by molar-refractivity contribution is 5.51. The molecule has 22 heavy (non-hydrogen) atoms. The second-order valence-electron chi connectivity index (χ2n) is 6.45. The number of aliphatic hydroxyl groups excluding tert-OH is 1. The molecule has 0 saturated heterocycles. The second kappa shape index (κ2) is 6.62. The fourth-order valence-electron chi connectivity index (χ4n) is 2.36. The summed E-state index contributed by atoms with van der Waals surface area (Å²) in [6, 6.07) is 3.92. The second-order valence-corrected chi connectivity index (χ2v) is 6.45. The standard InChI is InChI=1S/C16H26N4O2/c1-11(2)13-9-14(17-10-16(4,22)6-5-7-21)20-15(18-13)8-12(3)19-20/h8-9,11,17,21-22H,5-7,10H2,1-4H3/t16-/m1/s1. The lowest BCUT2D eigenvalue weighted by Crippen LogP contribution is -2.34. The monoisotopic (exact) mass is 306 g/mol. The number of aryl methyl sites for hydroxylation is 1. The van der Waals surface area contributed by atoms with Crippen LogP contribution in [0.2, 0.25) is 0 Å². The number of anilines is 1. The van der Waals surface area contributed by atoms with Gasteiger partial charge in [-0.25, -0.2) is 4.98 Å². The highest BCUT2D eigenvalue weighted by Gasteiger charge is 2.20. The van der Waals surface area contributed by atoms with E-state index in [1.165, 1.54) is 0 Å². The van der Waals surface area contributed by atoms with Crippen LogP contribution in [0.1, 0.15) is 50.9 Å². The van der Waals surface area contributed by atoms with E-state index in [0.29, 0.717) is 25.3 Å². The summed E-state index contributed by atoms with van der Waals surface area (Å²) in [5.41, 5.74) is 1.83. The summed E-state index contributed by atoms with van der Waals surface area (Å²) in [6.45, 7) is 8.39. The molecule has 0 spiro atoms. The van der Waals surface area contributed by atoms with Crippen LogP contribution in [0.15, 0.2) is 12.1 Å². The minimum atomic E-state index is -0.876. The van der Waals surface area contributed by atoms with Crippen LogP contribution < -0.4 is 5.32 Å². The highest BCUT2D eigenvalue weighted by Crippen LogP contribution is 2.21. The summed E-state index contributed by atoms with van der Waals surface area (Å²) in [5, 5.41) is 27.0. The minimum absolute atomic E-state index is 0.0888. The molecule has 6 nitrogen and oxygen atoms in total. The summed E-state index contributed by atoms with van der Waals surface area (Å²) in [5.74, 6) is 1.14. The van der Waals surface area contributed by atoms with Gasteiger partial charge < -0.3 is 15.5 Å². The number of fused-ring (bicyclic) bond motifs is 1. The Kier molecular flexibility index (Phi) is 5.03. The van der Waals surface area contributed by atoms with Crippen molar-refractivity contribution in [1.29, 1.82) is 0 Å². The molecule has 0 radical (unpaired) electrons. The third-order valence-corrected chi connectivity index (χ3v) is 3.68. The summed E-state index contributed by atoms with van der Waals surface area (Å²) in [7, 11) is 0.